The minimum absolute atomic E-state index is 0.00287. The third-order valence-corrected chi connectivity index (χ3v) is 4.35. The normalized spacial score (nSPS) is 29.5. The molecule has 2 saturated heterocycles. The summed E-state index contributed by atoms with van der Waals surface area (Å²) >= 11 is 3.33. The lowest BCUT2D eigenvalue weighted by atomic mass is 9.88. The quantitative estimate of drug-likeness (QED) is 0.734. The maximum absolute atomic E-state index is 12.2. The fourth-order valence-corrected chi connectivity index (χ4v) is 3.31. The zero-order valence-corrected chi connectivity index (χ0v) is 11.4. The number of aromatic hydroxyl groups is 1. The number of rotatable bonds is 2. The van der Waals surface area contributed by atoms with E-state index in [0.717, 1.165) is 17.3 Å². The molecule has 0 saturated carbocycles. The molecule has 4 nitrogen and oxygen atoms in total. The number of nitrogens with one attached hydrogen (secondary N) is 2. The average molecular weight is 311 g/mol. The summed E-state index contributed by atoms with van der Waals surface area (Å²) in [5.41, 5.74) is 0.470. The van der Waals surface area contributed by atoms with Gasteiger partial charge in [-0.1, -0.05) is 15.9 Å². The Morgan fingerprint density at radius 1 is 1.44 bits per heavy atom. The third-order valence-electron chi connectivity index (χ3n) is 3.85. The standard InChI is InChI=1S/C13H15BrN2O2/c14-7-1-4-12(17)11(5-7)16-13(18)9-6-8-2-3-10(9)15-8/h1,4-5,8-10,15,17H,2-3,6H2,(H,16,18). The lowest BCUT2D eigenvalue weighted by Crippen LogP contribution is -2.32. The molecule has 3 unspecified atom stereocenters. The molecule has 1 amide bonds. The van der Waals surface area contributed by atoms with E-state index in [9.17, 15) is 9.90 Å². The van der Waals surface area contributed by atoms with Crippen LogP contribution >= 0.6 is 15.9 Å². The van der Waals surface area contributed by atoms with Gasteiger partial charge in [0.1, 0.15) is 5.75 Å². The van der Waals surface area contributed by atoms with Crippen molar-refractivity contribution in [1.29, 1.82) is 0 Å². The average Bonchev–Trinajstić information content (AvgIpc) is 2.96. The number of fused-ring (bicyclic) bond motifs is 2. The molecule has 2 bridgehead atoms. The van der Waals surface area contributed by atoms with Gasteiger partial charge in [0.05, 0.1) is 11.6 Å². The lowest BCUT2D eigenvalue weighted by Gasteiger charge is -2.19. The van der Waals surface area contributed by atoms with E-state index in [2.05, 4.69) is 26.6 Å². The van der Waals surface area contributed by atoms with Crippen molar-refractivity contribution in [2.45, 2.75) is 31.3 Å². The van der Waals surface area contributed by atoms with Gasteiger partial charge in [-0.2, -0.15) is 0 Å². The molecule has 18 heavy (non-hydrogen) atoms. The van der Waals surface area contributed by atoms with Crippen molar-refractivity contribution in [2.75, 3.05) is 5.32 Å². The molecule has 0 aromatic heterocycles. The molecule has 3 atom stereocenters. The summed E-state index contributed by atoms with van der Waals surface area (Å²) in [5, 5.41) is 16.0. The molecular weight excluding hydrogens is 296 g/mol. The monoisotopic (exact) mass is 310 g/mol. The Labute approximate surface area is 114 Å². The number of carbonyl (C=O) groups excluding carboxylic acids is 1. The first-order chi connectivity index (χ1) is 8.63. The van der Waals surface area contributed by atoms with E-state index in [1.54, 1.807) is 18.2 Å². The molecule has 0 radical (unpaired) electrons. The number of hydrogen-bond acceptors (Lipinski definition) is 3. The van der Waals surface area contributed by atoms with E-state index < -0.39 is 0 Å². The molecule has 1 aromatic rings. The molecule has 96 valence electrons. The van der Waals surface area contributed by atoms with Crippen LogP contribution in [0.25, 0.3) is 0 Å². The van der Waals surface area contributed by atoms with Crippen LogP contribution in [0.15, 0.2) is 22.7 Å². The van der Waals surface area contributed by atoms with Crippen molar-refractivity contribution in [3.05, 3.63) is 22.7 Å². The second-order valence-electron chi connectivity index (χ2n) is 5.04. The van der Waals surface area contributed by atoms with Gasteiger partial charge in [0, 0.05) is 16.6 Å². The lowest BCUT2D eigenvalue weighted by molar-refractivity contribution is -0.120. The van der Waals surface area contributed by atoms with Crippen LogP contribution < -0.4 is 10.6 Å². The maximum Gasteiger partial charge on any atom is 0.229 e. The highest BCUT2D eigenvalue weighted by Gasteiger charge is 2.42. The van der Waals surface area contributed by atoms with Crippen LogP contribution in [0.5, 0.6) is 5.75 Å². The Morgan fingerprint density at radius 2 is 2.28 bits per heavy atom. The first kappa shape index (κ1) is 12.0. The highest BCUT2D eigenvalue weighted by Crippen LogP contribution is 2.35. The predicted octanol–water partition coefficient (Wildman–Crippen LogP) is 2.23. The highest BCUT2D eigenvalue weighted by atomic mass is 79.9. The van der Waals surface area contributed by atoms with E-state index in [-0.39, 0.29) is 17.6 Å². The molecular formula is C13H15BrN2O2. The fraction of sp³-hybridized carbons (Fsp3) is 0.462. The largest absolute Gasteiger partial charge is 0.506 e. The predicted molar refractivity (Wildman–Crippen MR) is 72.5 cm³/mol. The number of anilines is 1. The van der Waals surface area contributed by atoms with E-state index in [1.807, 2.05) is 0 Å². The molecule has 2 aliphatic rings. The van der Waals surface area contributed by atoms with Gasteiger partial charge in [0.25, 0.3) is 0 Å². The Hall–Kier alpha value is -1.07. The summed E-state index contributed by atoms with van der Waals surface area (Å²) in [6.07, 6.45) is 3.16. The minimum atomic E-state index is 0.00287. The van der Waals surface area contributed by atoms with Gasteiger partial charge in [-0.15, -0.1) is 0 Å². The van der Waals surface area contributed by atoms with Crippen LogP contribution in [0.4, 0.5) is 5.69 Å². The molecule has 1 aromatic carbocycles. The zero-order valence-electron chi connectivity index (χ0n) is 9.82. The van der Waals surface area contributed by atoms with Crippen molar-refractivity contribution in [3.8, 4) is 5.75 Å². The van der Waals surface area contributed by atoms with E-state index in [1.165, 1.54) is 6.42 Å². The Bertz CT molecular complexity index is 492. The van der Waals surface area contributed by atoms with Gasteiger partial charge in [-0.3, -0.25) is 4.79 Å². The van der Waals surface area contributed by atoms with Crippen LogP contribution in [0.3, 0.4) is 0 Å². The third kappa shape index (κ3) is 2.12. The minimum Gasteiger partial charge on any atom is -0.506 e. The van der Waals surface area contributed by atoms with Gasteiger partial charge in [0.15, 0.2) is 0 Å². The Kier molecular flexibility index (Phi) is 3.03. The van der Waals surface area contributed by atoms with Crippen LogP contribution in [-0.2, 0) is 4.79 Å². The second-order valence-corrected chi connectivity index (χ2v) is 5.96. The summed E-state index contributed by atoms with van der Waals surface area (Å²) in [5.74, 6) is 0.132. The molecule has 3 rings (SSSR count). The van der Waals surface area contributed by atoms with E-state index >= 15 is 0 Å². The summed E-state index contributed by atoms with van der Waals surface area (Å²) in [6.45, 7) is 0. The zero-order chi connectivity index (χ0) is 12.7. The summed E-state index contributed by atoms with van der Waals surface area (Å²) in [7, 11) is 0. The van der Waals surface area contributed by atoms with Crippen molar-refractivity contribution in [2.24, 2.45) is 5.92 Å². The van der Waals surface area contributed by atoms with Gasteiger partial charge in [0.2, 0.25) is 5.91 Å². The second kappa shape index (κ2) is 4.55. The van der Waals surface area contributed by atoms with Crippen LogP contribution in [0.2, 0.25) is 0 Å². The molecule has 2 heterocycles. The van der Waals surface area contributed by atoms with Gasteiger partial charge >= 0.3 is 0 Å². The molecule has 5 heteroatoms. The Morgan fingerprint density at radius 3 is 2.94 bits per heavy atom. The first-order valence-electron chi connectivity index (χ1n) is 6.19. The highest BCUT2D eigenvalue weighted by molar-refractivity contribution is 9.10. The van der Waals surface area contributed by atoms with Crippen molar-refractivity contribution in [1.82, 2.24) is 5.32 Å². The van der Waals surface area contributed by atoms with Crippen molar-refractivity contribution < 1.29 is 9.90 Å². The smallest absolute Gasteiger partial charge is 0.229 e. The molecule has 2 aliphatic heterocycles. The van der Waals surface area contributed by atoms with Crippen molar-refractivity contribution in [3.63, 3.8) is 0 Å². The SMILES string of the molecule is O=C(Nc1cc(Br)ccc1O)C1CC2CCC1N2. The van der Waals surface area contributed by atoms with Crippen molar-refractivity contribution >= 4 is 27.5 Å². The maximum atomic E-state index is 12.2. The fourth-order valence-electron chi connectivity index (χ4n) is 2.95. The molecule has 3 N–H and O–H groups in total. The number of amides is 1. The summed E-state index contributed by atoms with van der Waals surface area (Å²) < 4.78 is 0.835. The number of phenolic OH excluding ortho intramolecular Hbond substituents is 1. The van der Waals surface area contributed by atoms with Gasteiger partial charge in [-0.25, -0.2) is 0 Å². The number of carbonyl (C=O) groups is 1. The van der Waals surface area contributed by atoms with Gasteiger partial charge in [-0.05, 0) is 37.5 Å². The molecule has 0 aliphatic carbocycles. The molecule has 0 spiro atoms. The first-order valence-corrected chi connectivity index (χ1v) is 6.98. The number of halogens is 1. The topological polar surface area (TPSA) is 61.4 Å². The van der Waals surface area contributed by atoms with E-state index in [4.69, 9.17) is 0 Å². The number of hydrogen-bond donors (Lipinski definition) is 3. The van der Waals surface area contributed by atoms with Crippen LogP contribution in [0, 0.1) is 5.92 Å². The molecule has 2 fully saturated rings. The van der Waals surface area contributed by atoms with Gasteiger partial charge < -0.3 is 15.7 Å². The number of phenols is 1. The summed E-state index contributed by atoms with van der Waals surface area (Å²) in [4.78, 5) is 12.2. The summed E-state index contributed by atoms with van der Waals surface area (Å²) in [6, 6.07) is 5.84. The van der Waals surface area contributed by atoms with Crippen LogP contribution in [-0.4, -0.2) is 23.1 Å². The van der Waals surface area contributed by atoms with Crippen LogP contribution in [0.1, 0.15) is 19.3 Å². The number of benzene rings is 1. The Balaban J connectivity index is 1.72. The van der Waals surface area contributed by atoms with E-state index in [0.29, 0.717) is 17.8 Å².